The third-order valence-corrected chi connectivity index (χ3v) is 15.6. The van der Waals surface area contributed by atoms with E-state index >= 15 is 0 Å². The van der Waals surface area contributed by atoms with E-state index in [9.17, 15) is 45.9 Å². The number of sulfonamides is 1. The Bertz CT molecular complexity index is 2110. The third kappa shape index (κ3) is 10.4. The number of Topliss-reactive ketones (excluding diaryl/α,β-unsaturated/α-hetero) is 1. The highest BCUT2D eigenvalue weighted by Crippen LogP contribution is 2.35. The van der Waals surface area contributed by atoms with Crippen LogP contribution in [0.3, 0.4) is 0 Å². The quantitative estimate of drug-likeness (QED) is 0.168. The van der Waals surface area contributed by atoms with Crippen LogP contribution in [0.1, 0.15) is 126 Å². The van der Waals surface area contributed by atoms with Gasteiger partial charge in [-0.05, 0) is 76.1 Å². The number of rotatable bonds is 14. The molecule has 20 heteroatoms. The molecule has 6 rings (SSSR count). The van der Waals surface area contributed by atoms with E-state index in [1.807, 2.05) is 0 Å². The summed E-state index contributed by atoms with van der Waals surface area (Å²) in [5, 5.41) is 24.6. The van der Waals surface area contributed by atoms with Gasteiger partial charge in [-0.25, -0.2) is 26.2 Å². The van der Waals surface area contributed by atoms with E-state index in [1.165, 1.54) is 53.9 Å². The fourth-order valence-corrected chi connectivity index (χ4v) is 11.8. The molecule has 324 valence electrons. The van der Waals surface area contributed by atoms with Crippen molar-refractivity contribution in [1.29, 1.82) is 0 Å². The maximum atomic E-state index is 14.9. The number of hydrogen-bond donors (Lipinski definition) is 5. The fourth-order valence-electron chi connectivity index (χ4n) is 9.00. The summed E-state index contributed by atoms with van der Waals surface area (Å²) in [6.45, 7) is 2.95. The summed E-state index contributed by atoms with van der Waals surface area (Å²) in [5.74, 6) is -5.45. The summed E-state index contributed by atoms with van der Waals surface area (Å²) in [7, 11) is -7.40. The molecule has 0 radical (unpaired) electrons. The number of likely N-dealkylation sites (tertiary alicyclic amines) is 1. The van der Waals surface area contributed by atoms with Crippen LogP contribution in [0.5, 0.6) is 0 Å². The number of aliphatic hydroxyl groups is 1. The van der Waals surface area contributed by atoms with Gasteiger partial charge in [0, 0.05) is 24.6 Å². The average Bonchev–Trinajstić information content (AvgIpc) is 3.88. The number of sulfone groups is 1. The first-order valence-electron chi connectivity index (χ1n) is 20.5. The molecular formula is C39H56N8O10S2. The Balaban J connectivity index is 1.29. The van der Waals surface area contributed by atoms with E-state index < -0.39 is 103 Å². The highest BCUT2D eigenvalue weighted by molar-refractivity contribution is 7.91. The zero-order chi connectivity index (χ0) is 42.8. The molecule has 2 saturated heterocycles. The number of carbonyl (C=O) groups is 5. The molecule has 0 spiro atoms. The van der Waals surface area contributed by atoms with Gasteiger partial charge < -0.3 is 26.4 Å². The summed E-state index contributed by atoms with van der Waals surface area (Å²) in [6, 6.07) is 2.17. The van der Waals surface area contributed by atoms with Gasteiger partial charge in [0.25, 0.3) is 11.8 Å². The van der Waals surface area contributed by atoms with Crippen molar-refractivity contribution in [2.45, 2.75) is 144 Å². The Morgan fingerprint density at radius 3 is 2.17 bits per heavy atom. The molecule has 4 fully saturated rings. The van der Waals surface area contributed by atoms with E-state index in [0.29, 0.717) is 5.69 Å². The molecule has 2 aliphatic heterocycles. The Morgan fingerprint density at radius 1 is 0.966 bits per heavy atom. The molecule has 59 heavy (non-hydrogen) atoms. The van der Waals surface area contributed by atoms with Gasteiger partial charge in [-0.2, -0.15) is 0 Å². The van der Waals surface area contributed by atoms with Crippen LogP contribution in [-0.4, -0.2) is 113 Å². The van der Waals surface area contributed by atoms with Crippen molar-refractivity contribution < 1.29 is 45.9 Å². The molecule has 2 saturated carbocycles. The van der Waals surface area contributed by atoms with Gasteiger partial charge in [-0.1, -0.05) is 56.6 Å². The van der Waals surface area contributed by atoms with Crippen molar-refractivity contribution in [1.82, 2.24) is 35.2 Å². The van der Waals surface area contributed by atoms with E-state index in [0.717, 1.165) is 64.2 Å². The van der Waals surface area contributed by atoms with Crippen LogP contribution in [0.4, 0.5) is 0 Å². The Hall–Kier alpha value is -4.27. The average molecular weight is 861 g/mol. The van der Waals surface area contributed by atoms with Crippen LogP contribution in [0, 0.1) is 5.92 Å². The van der Waals surface area contributed by atoms with Crippen LogP contribution in [0.25, 0.3) is 0 Å². The highest BCUT2D eigenvalue weighted by atomic mass is 32.2. The second-order valence-electron chi connectivity index (χ2n) is 17.2. The van der Waals surface area contributed by atoms with Crippen molar-refractivity contribution in [2.24, 2.45) is 11.7 Å². The van der Waals surface area contributed by atoms with Crippen molar-refractivity contribution in [2.75, 3.05) is 18.1 Å². The molecular weight excluding hydrogens is 805 g/mol. The smallest absolute Gasteiger partial charge is 0.287 e. The molecule has 4 aliphatic rings. The highest BCUT2D eigenvalue weighted by Gasteiger charge is 2.51. The molecule has 2 aliphatic carbocycles. The molecule has 2 aromatic rings. The van der Waals surface area contributed by atoms with Crippen LogP contribution in [0.15, 0.2) is 35.4 Å². The number of nitrogens with zero attached hydrogens (tertiary/aromatic N) is 4. The third-order valence-electron chi connectivity index (χ3n) is 12.4. The summed E-state index contributed by atoms with van der Waals surface area (Å²) >= 11 is 0. The van der Waals surface area contributed by atoms with Gasteiger partial charge in [0.1, 0.15) is 23.2 Å². The van der Waals surface area contributed by atoms with E-state index in [1.54, 1.807) is 0 Å². The number of nitrogens with two attached hydrogens (primary N) is 1. The second kappa shape index (κ2) is 17.8. The number of hydrogen-bond acceptors (Lipinski definition) is 12. The first-order chi connectivity index (χ1) is 27.8. The van der Waals surface area contributed by atoms with Crippen LogP contribution in [0.2, 0.25) is 0 Å². The van der Waals surface area contributed by atoms with Crippen molar-refractivity contribution in [3.8, 4) is 0 Å². The van der Waals surface area contributed by atoms with Crippen molar-refractivity contribution >= 4 is 49.3 Å². The van der Waals surface area contributed by atoms with Gasteiger partial charge in [-0.3, -0.25) is 24.0 Å². The first kappa shape index (κ1) is 44.3. The fraction of sp³-hybridized carbons (Fsp3) is 0.667. The van der Waals surface area contributed by atoms with Crippen molar-refractivity contribution in [3.05, 3.63) is 41.7 Å². The van der Waals surface area contributed by atoms with E-state index in [4.69, 9.17) is 5.73 Å². The minimum atomic E-state index is -3.84. The lowest BCUT2D eigenvalue weighted by molar-refractivity contribution is -0.145. The maximum absolute atomic E-state index is 14.9. The topological polar surface area (TPSA) is 270 Å². The molecule has 18 nitrogen and oxygen atoms in total. The van der Waals surface area contributed by atoms with E-state index in [-0.39, 0.29) is 41.8 Å². The SMILES string of the molecule is CC(C)(O)c1cnnn1[C@H]1C[C@@H](C(=O)NC2(C(=O)C(N)=O)CCS(=O)(=O)CC2)N(C(=O)[C@@H](CC2CCCCC2)NC(=O)c2ccc(S(=O)(=O)NC3CCCCC3)cc2)C1. The number of primary amides is 1. The lowest BCUT2D eigenvalue weighted by atomic mass is 9.84. The minimum Gasteiger partial charge on any atom is -0.384 e. The van der Waals surface area contributed by atoms with Gasteiger partial charge in [0.15, 0.2) is 9.84 Å². The lowest BCUT2D eigenvalue weighted by Crippen LogP contribution is -2.64. The molecule has 0 unspecified atom stereocenters. The largest absolute Gasteiger partial charge is 0.384 e. The first-order valence-corrected chi connectivity index (χ1v) is 23.8. The Kier molecular flexibility index (Phi) is 13.3. The Labute approximate surface area is 344 Å². The minimum absolute atomic E-state index is 0.00751. The number of aromatic nitrogens is 3. The summed E-state index contributed by atoms with van der Waals surface area (Å²) in [5.41, 5.74) is 2.48. The summed E-state index contributed by atoms with van der Waals surface area (Å²) in [4.78, 5) is 70.0. The molecule has 3 atom stereocenters. The second-order valence-corrected chi connectivity index (χ2v) is 21.2. The molecule has 3 heterocycles. The molecule has 4 amide bonds. The normalized spacial score (nSPS) is 23.3. The van der Waals surface area contributed by atoms with Crippen LogP contribution < -0.4 is 21.1 Å². The summed E-state index contributed by atoms with van der Waals surface area (Å²) in [6.07, 6.45) is 9.80. The van der Waals surface area contributed by atoms with Gasteiger partial charge in [0.05, 0.1) is 34.3 Å². The predicted octanol–water partition coefficient (Wildman–Crippen LogP) is 1.15. The zero-order valence-corrected chi connectivity index (χ0v) is 35.2. The zero-order valence-electron chi connectivity index (χ0n) is 33.6. The van der Waals surface area contributed by atoms with Crippen LogP contribution >= 0.6 is 0 Å². The number of ketones is 1. The van der Waals surface area contributed by atoms with Crippen molar-refractivity contribution in [3.63, 3.8) is 0 Å². The molecule has 1 aromatic heterocycles. The van der Waals surface area contributed by atoms with Gasteiger partial charge in [0.2, 0.25) is 27.6 Å². The van der Waals surface area contributed by atoms with E-state index in [2.05, 4.69) is 25.7 Å². The number of amides is 4. The number of carbonyl (C=O) groups excluding carboxylic acids is 5. The Morgan fingerprint density at radius 2 is 1.58 bits per heavy atom. The molecule has 6 N–H and O–H groups in total. The lowest BCUT2D eigenvalue weighted by Gasteiger charge is -2.37. The van der Waals surface area contributed by atoms with Gasteiger partial charge >= 0.3 is 0 Å². The maximum Gasteiger partial charge on any atom is 0.287 e. The molecule has 0 bridgehead atoms. The summed E-state index contributed by atoms with van der Waals surface area (Å²) < 4.78 is 55.2. The predicted molar refractivity (Wildman–Crippen MR) is 213 cm³/mol. The standard InChI is InChI=1S/C39H56N8O10S2/c1-38(2,53)32-23-41-45-47(32)28-22-31(36(51)43-39(33(48)34(40)49)17-19-58(54,55)20-18-39)46(24-28)37(52)30(21-25-9-5-3-6-10-25)42-35(50)26-13-15-29(16-14-26)59(56,57)44-27-11-7-4-8-12-27/h13-16,23,25,27-28,30-31,44,53H,3-12,17-22,24H2,1-2H3,(H2,40,49)(H,42,50)(H,43,51)/t28-,30+,31-/m0/s1. The monoisotopic (exact) mass is 860 g/mol. The molecule has 1 aromatic carbocycles. The van der Waals surface area contributed by atoms with Crippen LogP contribution in [-0.2, 0) is 44.6 Å². The van der Waals surface area contributed by atoms with Gasteiger partial charge in [-0.15, -0.1) is 5.10 Å². The number of benzene rings is 1. The number of nitrogens with one attached hydrogen (secondary N) is 3.